The topological polar surface area (TPSA) is 153 Å². The Hall–Kier alpha value is -5.42. The van der Waals surface area contributed by atoms with Crippen molar-refractivity contribution in [2.45, 2.75) is 64.2 Å². The molecule has 6 aromatic rings. The quantitative estimate of drug-likeness (QED) is 0.0591. The number of hydrogen-bond donors (Lipinski definition) is 2. The van der Waals surface area contributed by atoms with E-state index in [-0.39, 0.29) is 12.4 Å². The summed E-state index contributed by atoms with van der Waals surface area (Å²) in [5.41, 5.74) is 11.8. The molecular formula is C37H39N5O6. The zero-order valence-electron chi connectivity index (χ0n) is 26.9. The van der Waals surface area contributed by atoms with E-state index >= 15 is 0 Å². The summed E-state index contributed by atoms with van der Waals surface area (Å²) in [4.78, 5) is 22.3. The molecule has 0 fully saturated rings. The van der Waals surface area contributed by atoms with Crippen LogP contribution >= 0.6 is 0 Å². The number of methoxy groups -OCH3 is 1. The summed E-state index contributed by atoms with van der Waals surface area (Å²) in [6.07, 6.45) is 8.97. The van der Waals surface area contributed by atoms with Crippen LogP contribution in [0.1, 0.15) is 59.1 Å². The summed E-state index contributed by atoms with van der Waals surface area (Å²) >= 11 is 0. The highest BCUT2D eigenvalue weighted by atomic mass is 16.6. The maximum Gasteiger partial charge on any atom is 0.309 e. The average molecular weight is 650 g/mol. The highest BCUT2D eigenvalue weighted by molar-refractivity contribution is 5.77. The van der Waals surface area contributed by atoms with E-state index in [1.807, 2.05) is 60.7 Å². The van der Waals surface area contributed by atoms with E-state index in [4.69, 9.17) is 14.5 Å². The van der Waals surface area contributed by atoms with Crippen LogP contribution in [0.25, 0.3) is 22.1 Å². The number of benzene rings is 4. The van der Waals surface area contributed by atoms with Gasteiger partial charge in [0.25, 0.3) is 0 Å². The van der Waals surface area contributed by atoms with E-state index < -0.39 is 5.91 Å². The van der Waals surface area contributed by atoms with Gasteiger partial charge in [-0.25, -0.2) is 14.7 Å². The summed E-state index contributed by atoms with van der Waals surface area (Å²) in [6, 6.07) is 28.2. The fourth-order valence-corrected chi connectivity index (χ4v) is 5.39. The van der Waals surface area contributed by atoms with Crippen molar-refractivity contribution < 1.29 is 28.8 Å². The fraction of sp³-hybridized carbons (Fsp3) is 0.297. The molecule has 0 unspecified atom stereocenters. The van der Waals surface area contributed by atoms with Gasteiger partial charge >= 0.3 is 5.97 Å². The van der Waals surface area contributed by atoms with Crippen molar-refractivity contribution in [3.63, 3.8) is 0 Å². The molecule has 11 heteroatoms. The van der Waals surface area contributed by atoms with Crippen LogP contribution in [-0.4, -0.2) is 44.8 Å². The maximum atomic E-state index is 11.2. The van der Waals surface area contributed by atoms with Crippen LogP contribution in [0.4, 0.5) is 0 Å². The number of ether oxygens (including phenoxy) is 1. The molecular weight excluding hydrogens is 610 g/mol. The number of unbranched alkanes of at least 4 members (excludes halogenated alkanes) is 2. The second-order valence-corrected chi connectivity index (χ2v) is 11.7. The lowest BCUT2D eigenvalue weighted by Crippen LogP contribution is -2.20. The van der Waals surface area contributed by atoms with Crippen molar-refractivity contribution in [2.24, 2.45) is 0 Å². The van der Waals surface area contributed by atoms with Gasteiger partial charge in [-0.05, 0) is 130 Å². The summed E-state index contributed by atoms with van der Waals surface area (Å²) in [7, 11) is 1.41. The summed E-state index contributed by atoms with van der Waals surface area (Å²) in [5.74, 6) is -0.607. The molecule has 2 heterocycles. The lowest BCUT2D eigenvalue weighted by molar-refractivity contribution is -0.139. The van der Waals surface area contributed by atoms with Crippen molar-refractivity contribution >= 4 is 33.9 Å². The maximum absolute atomic E-state index is 11.2. The van der Waals surface area contributed by atoms with Gasteiger partial charge in [0.05, 0.1) is 20.0 Å². The second kappa shape index (κ2) is 17.5. The fourth-order valence-electron chi connectivity index (χ4n) is 5.39. The van der Waals surface area contributed by atoms with Crippen molar-refractivity contribution in [3.05, 3.63) is 118 Å². The zero-order valence-corrected chi connectivity index (χ0v) is 26.9. The van der Waals surface area contributed by atoms with E-state index in [0.29, 0.717) is 6.42 Å². The number of rotatable bonds is 14. The van der Waals surface area contributed by atoms with Crippen LogP contribution in [0.3, 0.4) is 0 Å². The molecule has 248 valence electrons. The molecule has 48 heavy (non-hydrogen) atoms. The standard InChI is InChI=1S/C19H20N2O3.C18H19N3O3/c1-23-19(22)13-16-8-6-14(7-9-16)4-2-3-5-15-10-11-17-18(12-15)21-24-20-17;22-18(19-23)12-15-7-5-13(6-8-15)3-1-2-4-14-9-10-16-17(11-14)21-24-20-16/h6-12H,2-5,13H2,1H3;5-11,23H,1-4,12H2,(H,19,22). The zero-order chi connectivity index (χ0) is 33.6. The molecule has 0 aliphatic rings. The molecule has 2 aromatic heterocycles. The Morgan fingerprint density at radius 2 is 0.938 bits per heavy atom. The normalized spacial score (nSPS) is 10.9. The number of aryl methyl sites for hydroxylation is 4. The number of nitrogens with one attached hydrogen (secondary N) is 1. The number of hydrogen-bond acceptors (Lipinski definition) is 10. The molecule has 6 rings (SSSR count). The van der Waals surface area contributed by atoms with Gasteiger partial charge in [0, 0.05) is 0 Å². The second-order valence-electron chi connectivity index (χ2n) is 11.7. The first kappa shape index (κ1) is 33.9. The highest BCUT2D eigenvalue weighted by Crippen LogP contribution is 2.17. The van der Waals surface area contributed by atoms with Crippen LogP contribution in [0.15, 0.2) is 94.2 Å². The molecule has 4 aromatic carbocycles. The number of carbonyl (C=O) groups excluding carboxylic acids is 2. The first-order chi connectivity index (χ1) is 23.5. The number of carbonyl (C=O) groups is 2. The van der Waals surface area contributed by atoms with E-state index in [0.717, 1.165) is 84.6 Å². The van der Waals surface area contributed by atoms with Gasteiger partial charge in [0.15, 0.2) is 0 Å². The average Bonchev–Trinajstić information content (AvgIpc) is 3.79. The number of hydroxylamine groups is 1. The Balaban J connectivity index is 0.000000188. The van der Waals surface area contributed by atoms with Crippen LogP contribution in [0.5, 0.6) is 0 Å². The number of nitrogens with zero attached hydrogens (tertiary/aromatic N) is 4. The molecule has 0 atom stereocenters. The summed E-state index contributed by atoms with van der Waals surface area (Å²) in [5, 5.41) is 23.9. The molecule has 0 saturated heterocycles. The van der Waals surface area contributed by atoms with Gasteiger partial charge in [-0.15, -0.1) is 0 Å². The first-order valence-corrected chi connectivity index (χ1v) is 16.1. The molecule has 2 N–H and O–H groups in total. The SMILES string of the molecule is COC(=O)Cc1ccc(CCCCc2ccc3nonc3c2)cc1.O=C(Cc1ccc(CCCCc2ccc3nonc3c2)cc1)NO. The number of fused-ring (bicyclic) bond motifs is 2. The van der Waals surface area contributed by atoms with E-state index in [1.54, 1.807) is 5.48 Å². The smallest absolute Gasteiger partial charge is 0.309 e. The monoisotopic (exact) mass is 649 g/mol. The summed E-state index contributed by atoms with van der Waals surface area (Å²) in [6.45, 7) is 0. The molecule has 0 aliphatic carbocycles. The molecule has 1 amide bonds. The largest absolute Gasteiger partial charge is 0.469 e. The highest BCUT2D eigenvalue weighted by Gasteiger charge is 2.06. The molecule has 0 aliphatic heterocycles. The minimum absolute atomic E-state index is 0.191. The van der Waals surface area contributed by atoms with Crippen LogP contribution in [0.2, 0.25) is 0 Å². The third kappa shape index (κ3) is 10.3. The molecule has 11 nitrogen and oxygen atoms in total. The van der Waals surface area contributed by atoms with Crippen molar-refractivity contribution in [3.8, 4) is 0 Å². The molecule has 0 bridgehead atoms. The lowest BCUT2D eigenvalue weighted by Gasteiger charge is -2.04. The lowest BCUT2D eigenvalue weighted by atomic mass is 10.0. The van der Waals surface area contributed by atoms with E-state index in [2.05, 4.69) is 49.6 Å². The van der Waals surface area contributed by atoms with Gasteiger partial charge in [0.2, 0.25) is 5.91 Å². The Morgan fingerprint density at radius 1 is 0.562 bits per heavy atom. The van der Waals surface area contributed by atoms with E-state index in [1.165, 1.54) is 29.4 Å². The Kier molecular flexibility index (Phi) is 12.4. The minimum Gasteiger partial charge on any atom is -0.469 e. The van der Waals surface area contributed by atoms with Gasteiger partial charge in [-0.1, -0.05) is 60.7 Å². The summed E-state index contributed by atoms with van der Waals surface area (Å²) < 4.78 is 14.1. The third-order valence-electron chi connectivity index (χ3n) is 8.11. The van der Waals surface area contributed by atoms with Crippen molar-refractivity contribution in [1.82, 2.24) is 26.1 Å². The molecule has 0 radical (unpaired) electrons. The number of esters is 1. The van der Waals surface area contributed by atoms with Crippen molar-refractivity contribution in [1.29, 1.82) is 0 Å². The predicted molar refractivity (Wildman–Crippen MR) is 179 cm³/mol. The van der Waals surface area contributed by atoms with Crippen LogP contribution in [-0.2, 0) is 52.9 Å². The van der Waals surface area contributed by atoms with Crippen molar-refractivity contribution in [2.75, 3.05) is 7.11 Å². The predicted octanol–water partition coefficient (Wildman–Crippen LogP) is 6.34. The third-order valence-corrected chi connectivity index (χ3v) is 8.11. The van der Waals surface area contributed by atoms with Crippen LogP contribution < -0.4 is 5.48 Å². The number of amides is 1. The van der Waals surface area contributed by atoms with Gasteiger partial charge in [-0.2, -0.15) is 0 Å². The molecule has 0 spiro atoms. The van der Waals surface area contributed by atoms with Crippen LogP contribution in [0, 0.1) is 0 Å². The minimum atomic E-state index is -0.401. The Morgan fingerprint density at radius 3 is 1.38 bits per heavy atom. The Bertz CT molecular complexity index is 1760. The first-order valence-electron chi connectivity index (χ1n) is 16.1. The Labute approximate surface area is 278 Å². The van der Waals surface area contributed by atoms with Gasteiger partial charge in [0.1, 0.15) is 22.1 Å². The molecule has 0 saturated carbocycles. The van der Waals surface area contributed by atoms with E-state index in [9.17, 15) is 9.59 Å². The van der Waals surface area contributed by atoms with Gasteiger partial charge < -0.3 is 4.74 Å². The number of aromatic nitrogens is 4. The van der Waals surface area contributed by atoms with Gasteiger partial charge in [-0.3, -0.25) is 14.8 Å².